The molecule has 0 heterocycles. The van der Waals surface area contributed by atoms with Crippen molar-refractivity contribution < 1.29 is 48.3 Å². The molecule has 0 bridgehead atoms. The van der Waals surface area contributed by atoms with Gasteiger partial charge in [-0.15, -0.1) is 0 Å². The molecule has 4 aliphatic carbocycles. The van der Waals surface area contributed by atoms with Gasteiger partial charge in [-0.3, -0.25) is 4.79 Å². The first-order chi connectivity index (χ1) is 15.9. The monoisotopic (exact) mass is 514 g/mol. The Hall–Kier alpha value is 0.560. The maximum absolute atomic E-state index is 13.5. The summed E-state index contributed by atoms with van der Waals surface area (Å²) in [5.74, 6) is 4.09. The van der Waals surface area contributed by atoms with Crippen LogP contribution in [0.1, 0.15) is 105 Å². The van der Waals surface area contributed by atoms with E-state index in [4.69, 9.17) is 4.52 Å². The number of fused-ring (bicyclic) bond motifs is 5. The zero-order valence-corrected chi connectivity index (χ0v) is 26.4. The van der Waals surface area contributed by atoms with Gasteiger partial charge < -0.3 is 14.0 Å². The molecule has 0 aromatic carbocycles. The minimum absolute atomic E-state index is 0. The Bertz CT molecular complexity index is 858. The smallest absolute Gasteiger partial charge is 0.773 e. The minimum atomic E-state index is -4.54. The van der Waals surface area contributed by atoms with Crippen molar-refractivity contribution in [3.8, 4) is 0 Å². The SMILES string of the molecule is COP(=O)([O-])C(=O)C12C=CCC[C@]1(C)[C@H]1CC[C@]3(C)[C@@H]([C@H](C)CCCC(C)C)CC[C@H]3[C@@H]1CC2.[Na+]. The second kappa shape index (κ2) is 11.0. The van der Waals surface area contributed by atoms with Crippen LogP contribution in [0.2, 0.25) is 0 Å². The van der Waals surface area contributed by atoms with Gasteiger partial charge >= 0.3 is 29.6 Å². The van der Waals surface area contributed by atoms with E-state index in [0.717, 1.165) is 50.5 Å². The Morgan fingerprint density at radius 3 is 2.43 bits per heavy atom. The van der Waals surface area contributed by atoms with Gasteiger partial charge in [0.05, 0.1) is 5.41 Å². The predicted molar refractivity (Wildman–Crippen MR) is 136 cm³/mol. The van der Waals surface area contributed by atoms with E-state index in [2.05, 4.69) is 34.6 Å². The summed E-state index contributed by atoms with van der Waals surface area (Å²) in [5, 5.41) is 0. The average molecular weight is 515 g/mol. The van der Waals surface area contributed by atoms with Crippen molar-refractivity contribution in [2.24, 2.45) is 51.8 Å². The van der Waals surface area contributed by atoms with Crippen molar-refractivity contribution in [1.82, 2.24) is 0 Å². The van der Waals surface area contributed by atoms with Crippen LogP contribution in [0.15, 0.2) is 12.2 Å². The third-order valence-electron chi connectivity index (χ3n) is 11.5. The molecule has 0 aromatic rings. The molecule has 3 saturated carbocycles. The molecule has 0 radical (unpaired) electrons. The van der Waals surface area contributed by atoms with Crippen LogP contribution in [-0.4, -0.2) is 12.6 Å². The second-order valence-corrected chi connectivity index (χ2v) is 15.0. The first-order valence-corrected chi connectivity index (χ1v) is 15.6. The van der Waals surface area contributed by atoms with Crippen molar-refractivity contribution in [3.63, 3.8) is 0 Å². The second-order valence-electron chi connectivity index (χ2n) is 13.3. The van der Waals surface area contributed by atoms with Crippen LogP contribution >= 0.6 is 7.60 Å². The predicted octanol–water partition coefficient (Wildman–Crippen LogP) is 4.37. The summed E-state index contributed by atoms with van der Waals surface area (Å²) in [6, 6.07) is 0. The first kappa shape index (κ1) is 30.1. The molecule has 2 unspecified atom stereocenters. The summed E-state index contributed by atoms with van der Waals surface area (Å²) in [6.07, 6.45) is 16.5. The van der Waals surface area contributed by atoms with E-state index in [9.17, 15) is 14.3 Å². The minimum Gasteiger partial charge on any atom is -0.773 e. The van der Waals surface area contributed by atoms with Crippen molar-refractivity contribution in [3.05, 3.63) is 12.2 Å². The van der Waals surface area contributed by atoms with E-state index in [1.807, 2.05) is 12.2 Å². The number of hydrogen-bond donors (Lipinski definition) is 0. The number of allylic oxidation sites excluding steroid dienone is 2. The van der Waals surface area contributed by atoms with E-state index < -0.39 is 18.5 Å². The molecule has 0 spiro atoms. The molecule has 0 N–H and O–H groups in total. The topological polar surface area (TPSA) is 66.4 Å². The number of carbonyl (C=O) groups is 1. The van der Waals surface area contributed by atoms with Crippen LogP contribution in [0.3, 0.4) is 0 Å². The van der Waals surface area contributed by atoms with Crippen molar-refractivity contribution in [1.29, 1.82) is 0 Å². The summed E-state index contributed by atoms with van der Waals surface area (Å²) in [4.78, 5) is 26.2. The van der Waals surface area contributed by atoms with E-state index in [0.29, 0.717) is 29.6 Å². The fourth-order valence-corrected chi connectivity index (χ4v) is 10.7. The van der Waals surface area contributed by atoms with Crippen LogP contribution < -0.4 is 34.5 Å². The van der Waals surface area contributed by atoms with Gasteiger partial charge in [0.25, 0.3) is 0 Å². The molecule has 4 rings (SSSR count). The van der Waals surface area contributed by atoms with Crippen molar-refractivity contribution in [2.45, 2.75) is 105 Å². The third-order valence-corrected chi connectivity index (χ3v) is 12.8. The Morgan fingerprint density at radius 2 is 1.77 bits per heavy atom. The average Bonchev–Trinajstić information content (AvgIpc) is 3.15. The molecule has 0 aromatic heterocycles. The zero-order valence-electron chi connectivity index (χ0n) is 23.5. The van der Waals surface area contributed by atoms with Gasteiger partial charge in [-0.25, -0.2) is 0 Å². The molecule has 0 amide bonds. The normalized spacial score (nSPS) is 42.9. The quantitative estimate of drug-likeness (QED) is 0.274. The fourth-order valence-electron chi connectivity index (χ4n) is 9.62. The van der Waals surface area contributed by atoms with Crippen LogP contribution in [0, 0.1) is 51.8 Å². The fraction of sp³-hybridized carbons (Fsp3) is 0.897. The standard InChI is InChI=1S/C29H49O4P.Na/c1-20(2)10-9-11-21(3)23-12-13-24-22-14-19-29(26(30)34(31,32)33-6)17-8-7-16-28(29,5)25(22)15-18-27(23,24)4;/h8,17,20-25H,7,9-16,18-19H2,1-6H3,(H,31,32);/q;+1/p-1/t21-,22+,23-,24+,25+,27-,28-,29?;/m1./s1. The van der Waals surface area contributed by atoms with Crippen LogP contribution in [0.4, 0.5) is 0 Å². The molecule has 4 aliphatic rings. The molecular formula is C29H48NaO4P. The van der Waals surface area contributed by atoms with Gasteiger partial charge in [0.2, 0.25) is 13.1 Å². The maximum atomic E-state index is 13.5. The largest absolute Gasteiger partial charge is 1.00 e. The summed E-state index contributed by atoms with van der Waals surface area (Å²) in [5.41, 5.74) is -1.50. The molecule has 0 saturated heterocycles. The van der Waals surface area contributed by atoms with Gasteiger partial charge in [0.1, 0.15) is 0 Å². The number of rotatable bonds is 8. The Balaban J connectivity index is 0.00000342. The molecule has 194 valence electrons. The molecule has 4 nitrogen and oxygen atoms in total. The molecule has 9 atom stereocenters. The van der Waals surface area contributed by atoms with E-state index in [1.54, 1.807) is 0 Å². The molecule has 6 heteroatoms. The van der Waals surface area contributed by atoms with Crippen LogP contribution in [0.25, 0.3) is 0 Å². The van der Waals surface area contributed by atoms with Gasteiger partial charge in [-0.05, 0) is 97.7 Å². The van der Waals surface area contributed by atoms with E-state index >= 15 is 0 Å². The van der Waals surface area contributed by atoms with Crippen LogP contribution in [-0.2, 0) is 13.9 Å². The summed E-state index contributed by atoms with van der Waals surface area (Å²) < 4.78 is 17.4. The van der Waals surface area contributed by atoms with Crippen molar-refractivity contribution >= 4 is 13.1 Å². The number of carbonyl (C=O) groups excluding carboxylic acids is 1. The van der Waals surface area contributed by atoms with E-state index in [-0.39, 0.29) is 35.0 Å². The Labute approximate surface area is 236 Å². The van der Waals surface area contributed by atoms with E-state index in [1.165, 1.54) is 38.5 Å². The molecule has 3 fully saturated rings. The molecular weight excluding hydrogens is 466 g/mol. The summed E-state index contributed by atoms with van der Waals surface area (Å²) in [6.45, 7) is 12.0. The van der Waals surface area contributed by atoms with Gasteiger partial charge in [0.15, 0.2) is 0 Å². The van der Waals surface area contributed by atoms with Gasteiger partial charge in [0, 0.05) is 7.11 Å². The third kappa shape index (κ3) is 4.89. The van der Waals surface area contributed by atoms with Crippen molar-refractivity contribution in [2.75, 3.05) is 7.11 Å². The number of hydrogen-bond acceptors (Lipinski definition) is 4. The summed E-state index contributed by atoms with van der Waals surface area (Å²) >= 11 is 0. The van der Waals surface area contributed by atoms with Gasteiger partial charge in [-0.2, -0.15) is 0 Å². The maximum Gasteiger partial charge on any atom is 1.00 e. The Kier molecular flexibility index (Phi) is 9.44. The first-order valence-electron chi connectivity index (χ1n) is 14.0. The van der Waals surface area contributed by atoms with Crippen LogP contribution in [0.5, 0.6) is 0 Å². The summed E-state index contributed by atoms with van der Waals surface area (Å²) in [7, 11) is -3.41. The molecule has 35 heavy (non-hydrogen) atoms. The zero-order chi connectivity index (χ0) is 24.9. The Morgan fingerprint density at radius 1 is 1.06 bits per heavy atom. The van der Waals surface area contributed by atoms with Gasteiger partial charge in [-0.1, -0.05) is 66.0 Å². The molecule has 0 aliphatic heterocycles.